The summed E-state index contributed by atoms with van der Waals surface area (Å²) in [4.78, 5) is 24.8. The number of benzene rings is 3. The van der Waals surface area contributed by atoms with Gasteiger partial charge < -0.3 is 10.6 Å². The third kappa shape index (κ3) is 6.56. The maximum atomic E-state index is 13.3. The predicted octanol–water partition coefficient (Wildman–Crippen LogP) is 4.48. The molecule has 5 heteroatoms. The zero-order valence-corrected chi connectivity index (χ0v) is 16.2. The van der Waals surface area contributed by atoms with E-state index in [1.165, 1.54) is 36.4 Å². The molecule has 150 valence electrons. The monoisotopic (exact) mass is 400 g/mol. The number of hydrogen-bond donors (Lipinski definition) is 2. The summed E-state index contributed by atoms with van der Waals surface area (Å²) in [7, 11) is 0. The molecule has 0 fully saturated rings. The smallest absolute Gasteiger partial charge is 0.245 e. The van der Waals surface area contributed by atoms with Crippen LogP contribution in [0.5, 0.6) is 0 Å². The van der Waals surface area contributed by atoms with Crippen molar-refractivity contribution in [3.05, 3.63) is 120 Å². The third-order valence-electron chi connectivity index (χ3n) is 4.23. The van der Waals surface area contributed by atoms with Crippen LogP contribution in [0, 0.1) is 5.82 Å². The van der Waals surface area contributed by atoms with E-state index >= 15 is 0 Å². The quantitative estimate of drug-likeness (QED) is 0.454. The molecule has 0 saturated heterocycles. The SMILES string of the molecule is O=C(/C=C/c1ccccc1)NC(NC(=O)/C=C/c1ccccc1)c1ccc(F)cc1. The molecule has 0 aliphatic rings. The van der Waals surface area contributed by atoms with Gasteiger partial charge in [0, 0.05) is 12.2 Å². The van der Waals surface area contributed by atoms with Crippen LogP contribution in [0.4, 0.5) is 4.39 Å². The second-order valence-electron chi connectivity index (χ2n) is 6.49. The Morgan fingerprint density at radius 3 is 1.53 bits per heavy atom. The van der Waals surface area contributed by atoms with Crippen molar-refractivity contribution < 1.29 is 14.0 Å². The Bertz CT molecular complexity index is 966. The van der Waals surface area contributed by atoms with Crippen LogP contribution in [0.15, 0.2) is 97.1 Å². The second-order valence-corrected chi connectivity index (χ2v) is 6.49. The zero-order valence-electron chi connectivity index (χ0n) is 16.2. The minimum Gasteiger partial charge on any atom is -0.328 e. The van der Waals surface area contributed by atoms with Gasteiger partial charge in [0.1, 0.15) is 12.0 Å². The molecule has 0 atom stereocenters. The fraction of sp³-hybridized carbons (Fsp3) is 0.0400. The first kappa shape index (κ1) is 20.7. The molecule has 30 heavy (non-hydrogen) atoms. The van der Waals surface area contributed by atoms with Crippen LogP contribution in [-0.2, 0) is 9.59 Å². The first-order valence-electron chi connectivity index (χ1n) is 9.43. The Kier molecular flexibility index (Phi) is 7.28. The van der Waals surface area contributed by atoms with Crippen molar-refractivity contribution in [2.45, 2.75) is 6.17 Å². The Morgan fingerprint density at radius 1 is 0.667 bits per heavy atom. The summed E-state index contributed by atoms with van der Waals surface area (Å²) in [5, 5.41) is 5.48. The minimum atomic E-state index is -0.813. The largest absolute Gasteiger partial charge is 0.328 e. The topological polar surface area (TPSA) is 58.2 Å². The van der Waals surface area contributed by atoms with Gasteiger partial charge in [0.25, 0.3) is 0 Å². The van der Waals surface area contributed by atoms with Crippen molar-refractivity contribution in [2.75, 3.05) is 0 Å². The molecule has 0 saturated carbocycles. The average molecular weight is 400 g/mol. The number of amides is 2. The van der Waals surface area contributed by atoms with Crippen molar-refractivity contribution in [1.82, 2.24) is 10.6 Å². The number of halogens is 1. The lowest BCUT2D eigenvalue weighted by molar-refractivity contribution is -0.119. The maximum Gasteiger partial charge on any atom is 0.245 e. The fourth-order valence-corrected chi connectivity index (χ4v) is 2.71. The van der Waals surface area contributed by atoms with Crippen molar-refractivity contribution in [2.24, 2.45) is 0 Å². The van der Waals surface area contributed by atoms with Gasteiger partial charge in [-0.3, -0.25) is 9.59 Å². The van der Waals surface area contributed by atoms with E-state index in [2.05, 4.69) is 10.6 Å². The number of rotatable bonds is 7. The van der Waals surface area contributed by atoms with Crippen molar-refractivity contribution in [3.8, 4) is 0 Å². The first-order chi connectivity index (χ1) is 14.6. The highest BCUT2D eigenvalue weighted by Crippen LogP contribution is 2.12. The predicted molar refractivity (Wildman–Crippen MR) is 116 cm³/mol. The van der Waals surface area contributed by atoms with Crippen molar-refractivity contribution in [3.63, 3.8) is 0 Å². The molecule has 3 rings (SSSR count). The fourth-order valence-electron chi connectivity index (χ4n) is 2.71. The van der Waals surface area contributed by atoms with Gasteiger partial charge >= 0.3 is 0 Å². The average Bonchev–Trinajstić information content (AvgIpc) is 2.78. The van der Waals surface area contributed by atoms with Gasteiger partial charge in [-0.25, -0.2) is 4.39 Å². The van der Waals surface area contributed by atoms with E-state index in [1.54, 1.807) is 12.2 Å². The Morgan fingerprint density at radius 2 is 1.10 bits per heavy atom. The van der Waals surface area contributed by atoms with E-state index in [9.17, 15) is 14.0 Å². The maximum absolute atomic E-state index is 13.3. The van der Waals surface area contributed by atoms with Crippen molar-refractivity contribution >= 4 is 24.0 Å². The first-order valence-corrected chi connectivity index (χ1v) is 9.43. The van der Waals surface area contributed by atoms with E-state index in [0.717, 1.165) is 11.1 Å². The summed E-state index contributed by atoms with van der Waals surface area (Å²) in [5.74, 6) is -1.18. The molecule has 0 radical (unpaired) electrons. The standard InChI is InChI=1S/C25H21FN2O2/c26-22-15-13-21(14-16-22)25(27-23(29)17-11-19-7-3-1-4-8-19)28-24(30)18-12-20-9-5-2-6-10-20/h1-18,25H,(H,27,29)(H,28,30)/b17-11+,18-12+. The highest BCUT2D eigenvalue weighted by Gasteiger charge is 2.15. The van der Waals surface area contributed by atoms with Crippen LogP contribution >= 0.6 is 0 Å². The molecular formula is C25H21FN2O2. The van der Waals surface area contributed by atoms with Gasteiger partial charge in [0.05, 0.1) is 0 Å². The Labute approximate surface area is 174 Å². The van der Waals surface area contributed by atoms with Gasteiger partial charge in [-0.15, -0.1) is 0 Å². The van der Waals surface area contributed by atoms with Crippen LogP contribution < -0.4 is 10.6 Å². The van der Waals surface area contributed by atoms with Crippen LogP contribution in [0.2, 0.25) is 0 Å². The van der Waals surface area contributed by atoms with Crippen LogP contribution in [-0.4, -0.2) is 11.8 Å². The summed E-state index contributed by atoms with van der Waals surface area (Å²) in [6, 6.07) is 24.3. The van der Waals surface area contributed by atoms with Crippen LogP contribution in [0.25, 0.3) is 12.2 Å². The molecular weight excluding hydrogens is 379 g/mol. The lowest BCUT2D eigenvalue weighted by atomic mass is 10.1. The summed E-state index contributed by atoms with van der Waals surface area (Å²) < 4.78 is 13.3. The molecule has 0 heterocycles. The van der Waals surface area contributed by atoms with Crippen LogP contribution in [0.3, 0.4) is 0 Å². The molecule has 3 aromatic rings. The van der Waals surface area contributed by atoms with Crippen molar-refractivity contribution in [1.29, 1.82) is 0 Å². The molecule has 4 nitrogen and oxygen atoms in total. The minimum absolute atomic E-state index is 0.388. The Balaban J connectivity index is 1.71. The zero-order chi connectivity index (χ0) is 21.2. The molecule has 0 bridgehead atoms. The summed E-state index contributed by atoms with van der Waals surface area (Å²) in [6.45, 7) is 0. The highest BCUT2D eigenvalue weighted by atomic mass is 19.1. The molecule has 2 N–H and O–H groups in total. The van der Waals surface area contributed by atoms with Gasteiger partial charge in [0.2, 0.25) is 11.8 Å². The number of carbonyl (C=O) groups excluding carboxylic acids is 2. The van der Waals surface area contributed by atoms with Gasteiger partial charge in [-0.05, 0) is 41.0 Å². The number of carbonyl (C=O) groups is 2. The molecule has 0 aromatic heterocycles. The van der Waals surface area contributed by atoms with Gasteiger partial charge in [-0.2, -0.15) is 0 Å². The lowest BCUT2D eigenvalue weighted by Gasteiger charge is -2.19. The molecule has 0 unspecified atom stereocenters. The third-order valence-corrected chi connectivity index (χ3v) is 4.23. The summed E-state index contributed by atoms with van der Waals surface area (Å²) in [6.07, 6.45) is 5.31. The van der Waals surface area contributed by atoms with E-state index in [0.29, 0.717) is 5.56 Å². The highest BCUT2D eigenvalue weighted by molar-refractivity contribution is 5.94. The van der Waals surface area contributed by atoms with Gasteiger partial charge in [-0.1, -0.05) is 72.8 Å². The van der Waals surface area contributed by atoms with Crippen LogP contribution in [0.1, 0.15) is 22.9 Å². The summed E-state index contributed by atoms with van der Waals surface area (Å²) >= 11 is 0. The second kappa shape index (κ2) is 10.5. The number of hydrogen-bond acceptors (Lipinski definition) is 2. The molecule has 0 spiro atoms. The van der Waals surface area contributed by atoms with E-state index in [1.807, 2.05) is 60.7 Å². The lowest BCUT2D eigenvalue weighted by Crippen LogP contribution is -2.39. The molecule has 2 amide bonds. The van der Waals surface area contributed by atoms with Gasteiger partial charge in [0.15, 0.2) is 0 Å². The molecule has 3 aromatic carbocycles. The Hall–Kier alpha value is -3.99. The molecule has 0 aliphatic heterocycles. The normalized spacial score (nSPS) is 11.1. The summed E-state index contributed by atoms with van der Waals surface area (Å²) in [5.41, 5.74) is 2.31. The van der Waals surface area contributed by atoms with E-state index < -0.39 is 12.0 Å². The number of nitrogens with one attached hydrogen (secondary N) is 2. The molecule has 0 aliphatic carbocycles. The van der Waals surface area contributed by atoms with E-state index in [4.69, 9.17) is 0 Å². The van der Waals surface area contributed by atoms with E-state index in [-0.39, 0.29) is 11.8 Å².